The first-order valence-electron chi connectivity index (χ1n) is 3.88. The second kappa shape index (κ2) is 2.48. The Bertz CT molecular complexity index is 421. The Labute approximate surface area is 71.0 Å². The Morgan fingerprint density at radius 3 is 3.00 bits per heavy atom. The molecule has 1 aromatic carbocycles. The van der Waals surface area contributed by atoms with Gasteiger partial charge in [-0.25, -0.2) is 0 Å². The fraction of sp³-hybridized carbons (Fsp3) is 0.100. The first-order valence-corrected chi connectivity index (χ1v) is 3.88. The van der Waals surface area contributed by atoms with Gasteiger partial charge in [-0.2, -0.15) is 0 Å². The zero-order valence-corrected chi connectivity index (χ0v) is 6.91. The molecule has 60 valence electrons. The van der Waals surface area contributed by atoms with Crippen molar-refractivity contribution in [2.75, 3.05) is 5.73 Å². The summed E-state index contributed by atoms with van der Waals surface area (Å²) in [6, 6.07) is 7.83. The molecule has 1 aromatic heterocycles. The average Bonchev–Trinajstić information content (AvgIpc) is 2.07. The SMILES string of the molecule is Cc1cnc2cccc(N)c2c1. The number of rotatable bonds is 0. The molecule has 2 N–H and O–H groups in total. The molecule has 2 aromatic rings. The summed E-state index contributed by atoms with van der Waals surface area (Å²) in [5.41, 5.74) is 8.68. The molecule has 0 spiro atoms. The lowest BCUT2D eigenvalue weighted by atomic mass is 10.1. The van der Waals surface area contributed by atoms with Gasteiger partial charge in [0.15, 0.2) is 0 Å². The van der Waals surface area contributed by atoms with Crippen LogP contribution in [0.3, 0.4) is 0 Å². The normalized spacial score (nSPS) is 10.4. The molecule has 0 aliphatic carbocycles. The van der Waals surface area contributed by atoms with Crippen LogP contribution in [0.2, 0.25) is 0 Å². The Kier molecular flexibility index (Phi) is 1.47. The average molecular weight is 158 g/mol. The van der Waals surface area contributed by atoms with Crippen molar-refractivity contribution in [1.29, 1.82) is 0 Å². The van der Waals surface area contributed by atoms with Gasteiger partial charge in [-0.15, -0.1) is 0 Å². The summed E-state index contributed by atoms with van der Waals surface area (Å²) in [5.74, 6) is 0. The number of anilines is 1. The molecule has 0 unspecified atom stereocenters. The molecule has 0 aliphatic heterocycles. The largest absolute Gasteiger partial charge is 0.398 e. The molecule has 0 radical (unpaired) electrons. The minimum absolute atomic E-state index is 0.795. The van der Waals surface area contributed by atoms with Crippen LogP contribution >= 0.6 is 0 Å². The number of nitrogen functional groups attached to an aromatic ring is 1. The molecule has 12 heavy (non-hydrogen) atoms. The minimum atomic E-state index is 0.795. The summed E-state index contributed by atoms with van der Waals surface area (Å²) in [7, 11) is 0. The van der Waals surface area contributed by atoms with E-state index in [0.29, 0.717) is 0 Å². The van der Waals surface area contributed by atoms with Crippen LogP contribution in [0, 0.1) is 6.92 Å². The van der Waals surface area contributed by atoms with Crippen molar-refractivity contribution >= 4 is 16.6 Å². The molecular weight excluding hydrogens is 148 g/mol. The van der Waals surface area contributed by atoms with Crippen LogP contribution in [0.4, 0.5) is 5.69 Å². The molecule has 2 heteroatoms. The van der Waals surface area contributed by atoms with E-state index in [0.717, 1.165) is 22.2 Å². The van der Waals surface area contributed by atoms with E-state index in [9.17, 15) is 0 Å². The number of fused-ring (bicyclic) bond motifs is 1. The summed E-state index contributed by atoms with van der Waals surface area (Å²) in [6.07, 6.45) is 1.85. The van der Waals surface area contributed by atoms with Crippen molar-refractivity contribution in [2.24, 2.45) is 0 Å². The lowest BCUT2D eigenvalue weighted by Gasteiger charge is -2.00. The third-order valence-corrected chi connectivity index (χ3v) is 1.90. The molecule has 0 saturated heterocycles. The molecule has 0 fully saturated rings. The van der Waals surface area contributed by atoms with Crippen LogP contribution in [0.25, 0.3) is 10.9 Å². The number of pyridine rings is 1. The van der Waals surface area contributed by atoms with Crippen LogP contribution in [0.1, 0.15) is 5.56 Å². The van der Waals surface area contributed by atoms with Gasteiger partial charge in [0.1, 0.15) is 0 Å². The lowest BCUT2D eigenvalue weighted by Crippen LogP contribution is -1.88. The summed E-state index contributed by atoms with van der Waals surface area (Å²) in [6.45, 7) is 2.01. The summed E-state index contributed by atoms with van der Waals surface area (Å²) >= 11 is 0. The van der Waals surface area contributed by atoms with Crippen molar-refractivity contribution in [2.45, 2.75) is 6.92 Å². The summed E-state index contributed by atoms with van der Waals surface area (Å²) in [4.78, 5) is 4.26. The third kappa shape index (κ3) is 1.01. The quantitative estimate of drug-likeness (QED) is 0.596. The zero-order valence-electron chi connectivity index (χ0n) is 6.91. The number of aromatic nitrogens is 1. The molecule has 1 heterocycles. The smallest absolute Gasteiger partial charge is 0.0722 e. The molecule has 0 aliphatic rings. The summed E-state index contributed by atoms with van der Waals surface area (Å²) in [5, 5.41) is 1.04. The second-order valence-corrected chi connectivity index (χ2v) is 2.93. The van der Waals surface area contributed by atoms with Crippen molar-refractivity contribution in [3.8, 4) is 0 Å². The maximum absolute atomic E-state index is 5.79. The van der Waals surface area contributed by atoms with E-state index in [1.165, 1.54) is 0 Å². The van der Waals surface area contributed by atoms with E-state index in [4.69, 9.17) is 5.73 Å². The Hall–Kier alpha value is -1.57. The first-order chi connectivity index (χ1) is 5.77. The van der Waals surface area contributed by atoms with Crippen LogP contribution in [-0.2, 0) is 0 Å². The van der Waals surface area contributed by atoms with Crippen LogP contribution in [-0.4, -0.2) is 4.98 Å². The van der Waals surface area contributed by atoms with Gasteiger partial charge >= 0.3 is 0 Å². The predicted octanol–water partition coefficient (Wildman–Crippen LogP) is 2.13. The van der Waals surface area contributed by atoms with E-state index in [1.807, 2.05) is 31.3 Å². The van der Waals surface area contributed by atoms with Crippen molar-refractivity contribution in [1.82, 2.24) is 4.98 Å². The fourth-order valence-electron chi connectivity index (χ4n) is 1.28. The van der Waals surface area contributed by atoms with Gasteiger partial charge < -0.3 is 5.73 Å². The number of nitrogens with two attached hydrogens (primary N) is 1. The van der Waals surface area contributed by atoms with E-state index in [1.54, 1.807) is 0 Å². The van der Waals surface area contributed by atoms with E-state index in [2.05, 4.69) is 11.1 Å². The Morgan fingerprint density at radius 1 is 1.33 bits per heavy atom. The van der Waals surface area contributed by atoms with Gasteiger partial charge in [0, 0.05) is 17.3 Å². The van der Waals surface area contributed by atoms with E-state index >= 15 is 0 Å². The number of nitrogens with zero attached hydrogens (tertiary/aromatic N) is 1. The predicted molar refractivity (Wildman–Crippen MR) is 50.9 cm³/mol. The molecule has 2 rings (SSSR count). The van der Waals surface area contributed by atoms with Gasteiger partial charge in [0.25, 0.3) is 0 Å². The van der Waals surface area contributed by atoms with E-state index in [-0.39, 0.29) is 0 Å². The highest BCUT2D eigenvalue weighted by molar-refractivity contribution is 5.90. The molecule has 2 nitrogen and oxygen atoms in total. The van der Waals surface area contributed by atoms with Crippen molar-refractivity contribution in [3.63, 3.8) is 0 Å². The van der Waals surface area contributed by atoms with Crippen LogP contribution in [0.5, 0.6) is 0 Å². The zero-order chi connectivity index (χ0) is 8.55. The maximum atomic E-state index is 5.79. The third-order valence-electron chi connectivity index (χ3n) is 1.90. The van der Waals surface area contributed by atoms with Gasteiger partial charge in [-0.1, -0.05) is 6.07 Å². The monoisotopic (exact) mass is 158 g/mol. The Morgan fingerprint density at radius 2 is 2.17 bits per heavy atom. The highest BCUT2D eigenvalue weighted by Crippen LogP contribution is 2.19. The summed E-state index contributed by atoms with van der Waals surface area (Å²) < 4.78 is 0. The van der Waals surface area contributed by atoms with Crippen molar-refractivity contribution in [3.05, 3.63) is 36.0 Å². The van der Waals surface area contributed by atoms with E-state index < -0.39 is 0 Å². The second-order valence-electron chi connectivity index (χ2n) is 2.93. The molecule has 0 atom stereocenters. The highest BCUT2D eigenvalue weighted by Gasteiger charge is 1.97. The maximum Gasteiger partial charge on any atom is 0.0722 e. The molecular formula is C10H10N2. The molecule has 0 bridgehead atoms. The first kappa shape index (κ1) is 7.10. The molecule has 0 saturated carbocycles. The standard InChI is InChI=1S/C10H10N2/c1-7-5-8-9(11)3-2-4-10(8)12-6-7/h2-6H,11H2,1H3. The van der Waals surface area contributed by atoms with Crippen LogP contribution in [0.15, 0.2) is 30.5 Å². The lowest BCUT2D eigenvalue weighted by molar-refractivity contribution is 1.33. The number of hydrogen-bond acceptors (Lipinski definition) is 2. The number of aryl methyl sites for hydroxylation is 1. The highest BCUT2D eigenvalue weighted by atomic mass is 14.7. The topological polar surface area (TPSA) is 38.9 Å². The number of benzene rings is 1. The van der Waals surface area contributed by atoms with Crippen LogP contribution < -0.4 is 5.73 Å². The Balaban J connectivity index is 2.88. The number of hydrogen-bond donors (Lipinski definition) is 1. The van der Waals surface area contributed by atoms with Gasteiger partial charge in [0.05, 0.1) is 5.52 Å². The van der Waals surface area contributed by atoms with Gasteiger partial charge in [-0.05, 0) is 30.7 Å². The van der Waals surface area contributed by atoms with Gasteiger partial charge in [-0.3, -0.25) is 4.98 Å². The van der Waals surface area contributed by atoms with Crippen molar-refractivity contribution < 1.29 is 0 Å². The van der Waals surface area contributed by atoms with Gasteiger partial charge in [0.2, 0.25) is 0 Å². The fourth-order valence-corrected chi connectivity index (χ4v) is 1.28. The minimum Gasteiger partial charge on any atom is -0.398 e. The molecule has 0 amide bonds.